The first-order valence-electron chi connectivity index (χ1n) is 9.27. The van der Waals surface area contributed by atoms with Gasteiger partial charge in [-0.25, -0.2) is 9.97 Å². The topological polar surface area (TPSA) is 94.4 Å². The van der Waals surface area contributed by atoms with Crippen LogP contribution in [0.5, 0.6) is 11.5 Å². The normalized spacial score (nSPS) is 16.5. The molecule has 0 saturated carbocycles. The van der Waals surface area contributed by atoms with Crippen molar-refractivity contribution in [2.24, 2.45) is 13.0 Å². The average Bonchev–Trinajstić information content (AvgIpc) is 3.34. The Morgan fingerprint density at radius 1 is 1.18 bits per heavy atom. The molecule has 1 fully saturated rings. The number of hydrogen-bond acceptors (Lipinski definition) is 7. The lowest BCUT2D eigenvalue weighted by Gasteiger charge is -2.32. The Balaban J connectivity index is 1.25. The number of carbonyl (C=O) groups excluding carboxylic acids is 1. The Morgan fingerprint density at radius 2 is 2.00 bits per heavy atom. The molecule has 9 heteroatoms. The van der Waals surface area contributed by atoms with Crippen molar-refractivity contribution in [2.75, 3.05) is 30.1 Å². The number of nitrogens with zero attached hydrogens (tertiary/aromatic N) is 5. The van der Waals surface area contributed by atoms with Gasteiger partial charge in [-0.2, -0.15) is 5.10 Å². The fraction of sp³-hybridized carbons (Fsp3) is 0.368. The second kappa shape index (κ2) is 6.66. The van der Waals surface area contributed by atoms with Gasteiger partial charge in [0, 0.05) is 37.8 Å². The Hall–Kier alpha value is -3.36. The van der Waals surface area contributed by atoms with E-state index in [0.717, 1.165) is 48.5 Å². The molecule has 1 amide bonds. The van der Waals surface area contributed by atoms with Gasteiger partial charge in [-0.15, -0.1) is 0 Å². The molecular formula is C19H20N6O3. The van der Waals surface area contributed by atoms with Gasteiger partial charge in [0.2, 0.25) is 12.7 Å². The monoisotopic (exact) mass is 380 g/mol. The van der Waals surface area contributed by atoms with Crippen LogP contribution < -0.4 is 19.7 Å². The van der Waals surface area contributed by atoms with Crippen molar-refractivity contribution in [3.8, 4) is 11.5 Å². The zero-order valence-corrected chi connectivity index (χ0v) is 15.5. The fourth-order valence-corrected chi connectivity index (χ4v) is 3.77. The average molecular weight is 380 g/mol. The first-order chi connectivity index (χ1) is 13.7. The molecule has 2 aromatic heterocycles. The third kappa shape index (κ3) is 2.88. The highest BCUT2D eigenvalue weighted by atomic mass is 16.7. The van der Waals surface area contributed by atoms with Crippen molar-refractivity contribution >= 4 is 28.4 Å². The quantitative estimate of drug-likeness (QED) is 0.742. The van der Waals surface area contributed by atoms with E-state index in [4.69, 9.17) is 9.47 Å². The number of piperidine rings is 1. The number of aryl methyl sites for hydroxylation is 1. The Kier molecular flexibility index (Phi) is 4.00. The van der Waals surface area contributed by atoms with Crippen molar-refractivity contribution in [3.63, 3.8) is 0 Å². The summed E-state index contributed by atoms with van der Waals surface area (Å²) in [7, 11) is 1.87. The first kappa shape index (κ1) is 16.8. The molecule has 0 unspecified atom stereocenters. The molecule has 0 spiro atoms. The van der Waals surface area contributed by atoms with Crippen LogP contribution >= 0.6 is 0 Å². The fourth-order valence-electron chi connectivity index (χ4n) is 3.77. The van der Waals surface area contributed by atoms with Crippen LogP contribution in [0.2, 0.25) is 0 Å². The summed E-state index contributed by atoms with van der Waals surface area (Å²) in [6.07, 6.45) is 4.89. The molecular weight excluding hydrogens is 360 g/mol. The highest BCUT2D eigenvalue weighted by molar-refractivity contribution is 5.93. The van der Waals surface area contributed by atoms with Crippen molar-refractivity contribution in [3.05, 3.63) is 30.7 Å². The van der Waals surface area contributed by atoms with E-state index in [1.54, 1.807) is 23.3 Å². The molecule has 2 aliphatic rings. The number of rotatable bonds is 3. The van der Waals surface area contributed by atoms with Crippen LogP contribution in [0.15, 0.2) is 30.7 Å². The number of fused-ring (bicyclic) bond motifs is 2. The standard InChI is InChI=1S/C19H20N6O3/c1-24-17-14(9-22-24)18(21-10-20-17)25-6-4-12(5-7-25)19(26)23-13-2-3-15-16(8-13)28-11-27-15/h2-3,8-10,12H,4-7,11H2,1H3,(H,23,26). The number of amides is 1. The van der Waals surface area contributed by atoms with Crippen LogP contribution in [-0.4, -0.2) is 45.5 Å². The summed E-state index contributed by atoms with van der Waals surface area (Å²) in [5.74, 6) is 2.25. The van der Waals surface area contributed by atoms with Gasteiger partial charge in [0.25, 0.3) is 0 Å². The summed E-state index contributed by atoms with van der Waals surface area (Å²) in [4.78, 5) is 23.6. The van der Waals surface area contributed by atoms with Crippen LogP contribution in [0, 0.1) is 5.92 Å². The van der Waals surface area contributed by atoms with E-state index >= 15 is 0 Å². The number of carbonyl (C=O) groups is 1. The molecule has 28 heavy (non-hydrogen) atoms. The number of nitrogens with one attached hydrogen (secondary N) is 1. The summed E-state index contributed by atoms with van der Waals surface area (Å²) < 4.78 is 12.4. The predicted octanol–water partition coefficient (Wildman–Crippen LogP) is 1.95. The van der Waals surface area contributed by atoms with Crippen LogP contribution in [0.1, 0.15) is 12.8 Å². The summed E-state index contributed by atoms with van der Waals surface area (Å²) in [5, 5.41) is 8.21. The number of benzene rings is 1. The van der Waals surface area contributed by atoms with Gasteiger partial charge in [-0.05, 0) is 25.0 Å². The molecule has 0 radical (unpaired) electrons. The molecule has 0 aliphatic carbocycles. The second-order valence-electron chi connectivity index (χ2n) is 7.02. The SMILES string of the molecule is Cn1ncc2c(N3CCC(C(=O)Nc4ccc5c(c4)OCO5)CC3)ncnc21. The van der Waals surface area contributed by atoms with Crippen molar-refractivity contribution < 1.29 is 14.3 Å². The number of hydrogen-bond donors (Lipinski definition) is 1. The largest absolute Gasteiger partial charge is 0.454 e. The van der Waals surface area contributed by atoms with E-state index in [0.29, 0.717) is 11.5 Å². The molecule has 0 atom stereocenters. The van der Waals surface area contributed by atoms with E-state index in [1.807, 2.05) is 19.2 Å². The first-order valence-corrected chi connectivity index (χ1v) is 9.27. The van der Waals surface area contributed by atoms with Crippen LogP contribution in [0.25, 0.3) is 11.0 Å². The number of aromatic nitrogens is 4. The van der Waals surface area contributed by atoms with E-state index < -0.39 is 0 Å². The van der Waals surface area contributed by atoms with E-state index in [2.05, 4.69) is 25.3 Å². The Bertz CT molecular complexity index is 1040. The van der Waals surface area contributed by atoms with Crippen molar-refractivity contribution in [2.45, 2.75) is 12.8 Å². The number of ether oxygens (including phenoxy) is 2. The van der Waals surface area contributed by atoms with Crippen LogP contribution in [0.3, 0.4) is 0 Å². The highest BCUT2D eigenvalue weighted by Gasteiger charge is 2.27. The highest BCUT2D eigenvalue weighted by Crippen LogP contribution is 2.34. The van der Waals surface area contributed by atoms with Gasteiger partial charge >= 0.3 is 0 Å². The minimum Gasteiger partial charge on any atom is -0.454 e. The maximum absolute atomic E-state index is 12.7. The van der Waals surface area contributed by atoms with E-state index in [1.165, 1.54) is 0 Å². The summed E-state index contributed by atoms with van der Waals surface area (Å²) in [5.41, 5.74) is 1.54. The van der Waals surface area contributed by atoms with Gasteiger partial charge in [0.05, 0.1) is 11.6 Å². The maximum Gasteiger partial charge on any atom is 0.231 e. The summed E-state index contributed by atoms with van der Waals surface area (Å²) >= 11 is 0. The maximum atomic E-state index is 12.7. The lowest BCUT2D eigenvalue weighted by molar-refractivity contribution is -0.120. The number of anilines is 2. The molecule has 144 valence electrons. The van der Waals surface area contributed by atoms with Crippen LogP contribution in [0.4, 0.5) is 11.5 Å². The molecule has 1 saturated heterocycles. The van der Waals surface area contributed by atoms with Gasteiger partial charge in [-0.3, -0.25) is 9.48 Å². The molecule has 0 bridgehead atoms. The predicted molar refractivity (Wildman–Crippen MR) is 102 cm³/mol. The van der Waals surface area contributed by atoms with Crippen molar-refractivity contribution in [1.82, 2.24) is 19.7 Å². The van der Waals surface area contributed by atoms with Crippen LogP contribution in [-0.2, 0) is 11.8 Å². The molecule has 2 aliphatic heterocycles. The minimum atomic E-state index is -0.0344. The molecule has 1 N–H and O–H groups in total. The lowest BCUT2D eigenvalue weighted by Crippen LogP contribution is -2.38. The lowest BCUT2D eigenvalue weighted by atomic mass is 9.95. The van der Waals surface area contributed by atoms with Gasteiger partial charge in [0.15, 0.2) is 17.1 Å². The summed E-state index contributed by atoms with van der Waals surface area (Å²) in [6.45, 7) is 1.75. The van der Waals surface area contributed by atoms with E-state index in [-0.39, 0.29) is 18.6 Å². The second-order valence-corrected chi connectivity index (χ2v) is 7.02. The molecule has 9 nitrogen and oxygen atoms in total. The minimum absolute atomic E-state index is 0.0344. The zero-order valence-electron chi connectivity index (χ0n) is 15.5. The smallest absolute Gasteiger partial charge is 0.231 e. The summed E-state index contributed by atoms with van der Waals surface area (Å²) in [6, 6.07) is 5.45. The van der Waals surface area contributed by atoms with Gasteiger partial charge < -0.3 is 19.7 Å². The Labute approximate surface area is 161 Å². The van der Waals surface area contributed by atoms with Crippen molar-refractivity contribution in [1.29, 1.82) is 0 Å². The van der Waals surface area contributed by atoms with Gasteiger partial charge in [-0.1, -0.05) is 0 Å². The third-order valence-electron chi connectivity index (χ3n) is 5.31. The molecule has 5 rings (SSSR count). The Morgan fingerprint density at radius 3 is 2.86 bits per heavy atom. The molecule has 4 heterocycles. The van der Waals surface area contributed by atoms with Gasteiger partial charge in [0.1, 0.15) is 12.1 Å². The zero-order chi connectivity index (χ0) is 19.1. The molecule has 1 aromatic carbocycles. The van der Waals surface area contributed by atoms with E-state index in [9.17, 15) is 4.79 Å². The molecule has 3 aromatic rings. The third-order valence-corrected chi connectivity index (χ3v) is 5.31.